The van der Waals surface area contributed by atoms with Gasteiger partial charge in [0, 0.05) is 48.8 Å². The molecule has 2 aromatic rings. The molecule has 0 aromatic heterocycles. The summed E-state index contributed by atoms with van der Waals surface area (Å²) >= 11 is 0. The zero-order valence-electron chi connectivity index (χ0n) is 18.8. The third-order valence-electron chi connectivity index (χ3n) is 5.89. The highest BCUT2D eigenvalue weighted by molar-refractivity contribution is 6.05. The zero-order valence-corrected chi connectivity index (χ0v) is 18.8. The lowest BCUT2D eigenvalue weighted by Crippen LogP contribution is -2.40. The summed E-state index contributed by atoms with van der Waals surface area (Å²) in [5.41, 5.74) is 3.05. The molecule has 4 rings (SSSR count). The van der Waals surface area contributed by atoms with Gasteiger partial charge in [0.15, 0.2) is 0 Å². The predicted molar refractivity (Wildman–Crippen MR) is 124 cm³/mol. The lowest BCUT2D eigenvalue weighted by Gasteiger charge is -2.29. The van der Waals surface area contributed by atoms with Crippen molar-refractivity contribution in [3.63, 3.8) is 0 Å². The lowest BCUT2D eigenvalue weighted by molar-refractivity contribution is -0.141. The number of hydrogen-bond donors (Lipinski definition) is 2. The van der Waals surface area contributed by atoms with Crippen LogP contribution >= 0.6 is 0 Å². The third-order valence-corrected chi connectivity index (χ3v) is 5.89. The number of carbonyl (C=O) groups is 2. The van der Waals surface area contributed by atoms with E-state index < -0.39 is 0 Å². The molecule has 1 amide bonds. The second kappa shape index (κ2) is 10.5. The Morgan fingerprint density at radius 2 is 1.85 bits per heavy atom. The normalized spacial score (nSPS) is 17.5. The summed E-state index contributed by atoms with van der Waals surface area (Å²) in [6.45, 7) is 5.03. The Bertz CT molecular complexity index is 1020. The number of amidine groups is 1. The molecule has 2 aliphatic rings. The quantitative estimate of drug-likeness (QED) is 0.398. The lowest BCUT2D eigenvalue weighted by atomic mass is 9.94. The Morgan fingerprint density at radius 3 is 2.58 bits per heavy atom. The summed E-state index contributed by atoms with van der Waals surface area (Å²) in [5, 5.41) is 11.3. The van der Waals surface area contributed by atoms with E-state index in [0.29, 0.717) is 62.5 Å². The minimum atomic E-state index is -0.266. The molecule has 2 N–H and O–H groups in total. The molecule has 2 aromatic carbocycles. The van der Waals surface area contributed by atoms with Crippen molar-refractivity contribution in [2.24, 2.45) is 5.92 Å². The van der Waals surface area contributed by atoms with E-state index in [-0.39, 0.29) is 11.9 Å². The van der Waals surface area contributed by atoms with Gasteiger partial charge >= 0.3 is 5.97 Å². The predicted octanol–water partition coefficient (Wildman–Crippen LogP) is 3.10. The molecule has 2 heterocycles. The molecular weight excluding hydrogens is 422 g/mol. The van der Waals surface area contributed by atoms with Gasteiger partial charge in [-0.05, 0) is 36.6 Å². The molecule has 1 unspecified atom stereocenters. The Hall–Kier alpha value is -3.39. The van der Waals surface area contributed by atoms with Gasteiger partial charge in [-0.25, -0.2) is 0 Å². The monoisotopic (exact) mass is 451 g/mol. The molecule has 1 fully saturated rings. The minimum absolute atomic E-state index is 0.213. The molecule has 1 saturated heterocycles. The van der Waals surface area contributed by atoms with Gasteiger partial charge in [-0.1, -0.05) is 18.2 Å². The number of amides is 1. The van der Waals surface area contributed by atoms with E-state index in [9.17, 15) is 9.59 Å². The molecule has 0 spiro atoms. The van der Waals surface area contributed by atoms with Crippen molar-refractivity contribution >= 4 is 23.4 Å². The Labute approximate surface area is 193 Å². The van der Waals surface area contributed by atoms with Gasteiger partial charge in [-0.2, -0.15) is 0 Å². The van der Waals surface area contributed by atoms with Crippen LogP contribution in [0.2, 0.25) is 0 Å². The van der Waals surface area contributed by atoms with Crippen LogP contribution in [0.15, 0.2) is 42.5 Å². The van der Waals surface area contributed by atoms with Crippen molar-refractivity contribution in [2.45, 2.75) is 19.8 Å². The van der Waals surface area contributed by atoms with Gasteiger partial charge in [0.05, 0.1) is 26.4 Å². The molecule has 1 atom stereocenters. The van der Waals surface area contributed by atoms with Crippen LogP contribution < -0.4 is 10.1 Å². The van der Waals surface area contributed by atoms with Crippen LogP contribution in [0.3, 0.4) is 0 Å². The summed E-state index contributed by atoms with van der Waals surface area (Å²) in [6.07, 6.45) is 1.61. The third kappa shape index (κ3) is 5.90. The zero-order chi connectivity index (χ0) is 23.2. The summed E-state index contributed by atoms with van der Waals surface area (Å²) in [4.78, 5) is 25.6. The van der Waals surface area contributed by atoms with Crippen LogP contribution in [0.25, 0.3) is 0 Å². The van der Waals surface area contributed by atoms with Crippen molar-refractivity contribution in [1.82, 2.24) is 4.90 Å². The van der Waals surface area contributed by atoms with Gasteiger partial charge in [-0.3, -0.25) is 15.0 Å². The first-order valence-electron chi connectivity index (χ1n) is 11.2. The van der Waals surface area contributed by atoms with E-state index in [0.717, 1.165) is 29.7 Å². The number of nitrogens with zero attached hydrogens (tertiary/aromatic N) is 1. The average Bonchev–Trinajstić information content (AvgIpc) is 2.84. The van der Waals surface area contributed by atoms with E-state index >= 15 is 0 Å². The Balaban J connectivity index is 1.33. The van der Waals surface area contributed by atoms with Crippen molar-refractivity contribution in [3.05, 3.63) is 59.2 Å². The number of ether oxygens (including phenoxy) is 3. The van der Waals surface area contributed by atoms with E-state index in [1.807, 2.05) is 23.1 Å². The highest BCUT2D eigenvalue weighted by atomic mass is 16.5. The van der Waals surface area contributed by atoms with Crippen LogP contribution in [0.1, 0.15) is 34.8 Å². The van der Waals surface area contributed by atoms with Crippen LogP contribution in [0.4, 0.5) is 5.69 Å². The molecule has 2 aliphatic heterocycles. The van der Waals surface area contributed by atoms with Crippen molar-refractivity contribution in [3.8, 4) is 5.75 Å². The van der Waals surface area contributed by atoms with Gasteiger partial charge in [-0.15, -0.1) is 0 Å². The SMILES string of the molecule is CC(=O)OCCC1COc2cc(NC(=O)c3ccc(C(=N)N4CCOCC4)cc3)ccc2C1. The fourth-order valence-electron chi connectivity index (χ4n) is 4.02. The topological polar surface area (TPSA) is 101 Å². The largest absolute Gasteiger partial charge is 0.493 e. The smallest absolute Gasteiger partial charge is 0.302 e. The Morgan fingerprint density at radius 1 is 1.12 bits per heavy atom. The number of fused-ring (bicyclic) bond motifs is 1. The number of morpholine rings is 1. The number of benzene rings is 2. The highest BCUT2D eigenvalue weighted by Crippen LogP contribution is 2.31. The average molecular weight is 452 g/mol. The number of hydrogen-bond acceptors (Lipinski definition) is 6. The van der Waals surface area contributed by atoms with Crippen molar-refractivity contribution in [1.29, 1.82) is 5.41 Å². The van der Waals surface area contributed by atoms with Crippen molar-refractivity contribution < 1.29 is 23.8 Å². The first kappa shape index (κ1) is 22.8. The second-order valence-electron chi connectivity index (χ2n) is 8.31. The van der Waals surface area contributed by atoms with E-state index in [2.05, 4.69) is 5.32 Å². The van der Waals surface area contributed by atoms with Crippen molar-refractivity contribution in [2.75, 3.05) is 44.8 Å². The van der Waals surface area contributed by atoms with E-state index in [1.165, 1.54) is 6.92 Å². The summed E-state index contributed by atoms with van der Waals surface area (Å²) < 4.78 is 16.3. The van der Waals surface area contributed by atoms with Crippen LogP contribution in [0, 0.1) is 11.3 Å². The fraction of sp³-hybridized carbons (Fsp3) is 0.400. The number of carbonyl (C=O) groups excluding carboxylic acids is 2. The molecule has 8 nitrogen and oxygen atoms in total. The van der Waals surface area contributed by atoms with Gasteiger partial charge < -0.3 is 24.4 Å². The van der Waals surface area contributed by atoms with E-state index in [4.69, 9.17) is 19.6 Å². The van der Waals surface area contributed by atoms with E-state index in [1.54, 1.807) is 24.3 Å². The number of anilines is 1. The Kier molecular flexibility index (Phi) is 7.24. The molecule has 0 aliphatic carbocycles. The van der Waals surface area contributed by atoms with Crippen LogP contribution in [0.5, 0.6) is 5.75 Å². The van der Waals surface area contributed by atoms with Crippen LogP contribution in [-0.4, -0.2) is 62.1 Å². The highest BCUT2D eigenvalue weighted by Gasteiger charge is 2.21. The summed E-state index contributed by atoms with van der Waals surface area (Å²) in [6, 6.07) is 12.8. The molecule has 33 heavy (non-hydrogen) atoms. The van der Waals surface area contributed by atoms with Gasteiger partial charge in [0.1, 0.15) is 11.6 Å². The van der Waals surface area contributed by atoms with Crippen LogP contribution in [-0.2, 0) is 20.7 Å². The molecular formula is C25H29N3O5. The molecule has 174 valence electrons. The summed E-state index contributed by atoms with van der Waals surface area (Å²) in [5.74, 6) is 1.04. The maximum Gasteiger partial charge on any atom is 0.302 e. The standard InChI is InChI=1S/C25H29N3O5/c1-17(29)32-11-8-18-14-21-6-7-22(15-23(21)33-16-18)27-25(30)20-4-2-19(3-5-20)24(26)28-9-12-31-13-10-28/h2-7,15,18,26H,8-14,16H2,1H3,(H,27,30). The second-order valence-corrected chi connectivity index (χ2v) is 8.31. The number of rotatable bonds is 6. The maximum atomic E-state index is 12.7. The maximum absolute atomic E-state index is 12.7. The molecule has 0 bridgehead atoms. The fourth-order valence-corrected chi connectivity index (χ4v) is 4.02. The first-order chi connectivity index (χ1) is 16.0. The number of nitrogens with one attached hydrogen (secondary N) is 2. The first-order valence-corrected chi connectivity index (χ1v) is 11.2. The van der Waals surface area contributed by atoms with Gasteiger partial charge in [0.25, 0.3) is 5.91 Å². The summed E-state index contributed by atoms with van der Waals surface area (Å²) in [7, 11) is 0. The number of esters is 1. The minimum Gasteiger partial charge on any atom is -0.493 e. The molecule has 0 radical (unpaired) electrons. The molecule has 8 heteroatoms. The van der Waals surface area contributed by atoms with Gasteiger partial charge in [0.2, 0.25) is 0 Å². The molecule has 0 saturated carbocycles.